The highest BCUT2D eigenvalue weighted by atomic mass is 16.7. The van der Waals surface area contributed by atoms with E-state index < -0.39 is 24.3 Å². The predicted molar refractivity (Wildman–Crippen MR) is 272 cm³/mol. The van der Waals surface area contributed by atoms with E-state index in [4.69, 9.17) is 18.9 Å². The molecule has 0 aliphatic carbocycles. The molecule has 0 aromatic heterocycles. The van der Waals surface area contributed by atoms with Crippen LogP contribution in [-0.2, 0) is 33.3 Å². The molecule has 0 heterocycles. The molecule has 9 nitrogen and oxygen atoms in total. The highest BCUT2D eigenvalue weighted by molar-refractivity contribution is 5.71. The molecule has 0 fully saturated rings. The van der Waals surface area contributed by atoms with Crippen LogP contribution in [0.3, 0.4) is 0 Å². The van der Waals surface area contributed by atoms with Crippen molar-refractivity contribution in [2.24, 2.45) is 0 Å². The monoisotopic (exact) mass is 913 g/mol. The normalized spacial score (nSPS) is 13.4. The number of allylic oxidation sites excluding steroid dienone is 12. The molecule has 374 valence electrons. The van der Waals surface area contributed by atoms with Gasteiger partial charge in [0.25, 0.3) is 6.29 Å². The van der Waals surface area contributed by atoms with Crippen LogP contribution in [0.1, 0.15) is 206 Å². The molecule has 0 aliphatic rings. The molecule has 0 spiro atoms. The van der Waals surface area contributed by atoms with Crippen molar-refractivity contribution in [3.63, 3.8) is 0 Å². The molecule has 2 atom stereocenters. The van der Waals surface area contributed by atoms with Crippen LogP contribution in [0.15, 0.2) is 72.9 Å². The third-order valence-corrected chi connectivity index (χ3v) is 10.9. The zero-order valence-corrected chi connectivity index (χ0v) is 42.4. The maximum Gasteiger partial charge on any atom is 0.361 e. The molecule has 2 unspecified atom stereocenters. The van der Waals surface area contributed by atoms with E-state index >= 15 is 0 Å². The van der Waals surface area contributed by atoms with Gasteiger partial charge < -0.3 is 28.5 Å². The van der Waals surface area contributed by atoms with Gasteiger partial charge >= 0.3 is 17.9 Å². The van der Waals surface area contributed by atoms with E-state index in [-0.39, 0.29) is 38.6 Å². The van der Waals surface area contributed by atoms with Crippen molar-refractivity contribution in [2.75, 3.05) is 47.5 Å². The number of carbonyl (C=O) groups is 3. The zero-order valence-electron chi connectivity index (χ0n) is 42.4. The van der Waals surface area contributed by atoms with Gasteiger partial charge in [-0.05, 0) is 77.0 Å². The van der Waals surface area contributed by atoms with Crippen LogP contribution >= 0.6 is 0 Å². The maximum atomic E-state index is 12.8. The number of ether oxygens (including phenoxy) is 4. The third-order valence-electron chi connectivity index (χ3n) is 10.9. The highest BCUT2D eigenvalue weighted by Gasteiger charge is 2.25. The number of aliphatic carboxylic acids is 1. The van der Waals surface area contributed by atoms with Gasteiger partial charge in [-0.3, -0.25) is 9.59 Å². The number of hydrogen-bond donors (Lipinski definition) is 1. The van der Waals surface area contributed by atoms with Gasteiger partial charge in [-0.1, -0.05) is 189 Å². The Kier molecular flexibility index (Phi) is 44.9. The summed E-state index contributed by atoms with van der Waals surface area (Å²) >= 11 is 0. The molecule has 65 heavy (non-hydrogen) atoms. The van der Waals surface area contributed by atoms with Crippen LogP contribution in [0.2, 0.25) is 0 Å². The quantitative estimate of drug-likeness (QED) is 0.0211. The zero-order chi connectivity index (χ0) is 47.7. The summed E-state index contributed by atoms with van der Waals surface area (Å²) in [5.74, 6) is -2.09. The Bertz CT molecular complexity index is 1290. The number of hydrogen-bond acceptors (Lipinski definition) is 7. The average molecular weight is 913 g/mol. The molecule has 0 aromatic carbocycles. The highest BCUT2D eigenvalue weighted by Crippen LogP contribution is 2.15. The minimum atomic E-state index is -1.53. The molecular weight excluding hydrogens is 815 g/mol. The van der Waals surface area contributed by atoms with E-state index in [9.17, 15) is 19.5 Å². The van der Waals surface area contributed by atoms with Gasteiger partial charge in [-0.15, -0.1) is 0 Å². The van der Waals surface area contributed by atoms with E-state index in [0.717, 1.165) is 57.8 Å². The smallest absolute Gasteiger partial charge is 0.361 e. The number of carboxylic acid groups (broad SMARTS) is 1. The lowest BCUT2D eigenvalue weighted by Gasteiger charge is -2.25. The van der Waals surface area contributed by atoms with Gasteiger partial charge in [-0.25, -0.2) is 4.79 Å². The number of unbranched alkanes of at least 4 members (excludes halogenated alkanes) is 20. The Morgan fingerprint density at radius 3 is 1.37 bits per heavy atom. The SMILES string of the molecule is CC/C=C\C/C=C\C/C=C\C/C=C\C/C=C\CCCC(=O)OC(COC(=O)CCCCCCCCCCCCC/C=C\CCCCCCCCCC)COC(OCC[N+](C)(C)C)C(=O)O. The maximum absolute atomic E-state index is 12.8. The van der Waals surface area contributed by atoms with Gasteiger partial charge in [0.15, 0.2) is 6.10 Å². The molecule has 0 rings (SSSR count). The molecular formula is C56H98NO8+. The van der Waals surface area contributed by atoms with Crippen LogP contribution in [-0.4, -0.2) is 87.4 Å². The Morgan fingerprint density at radius 2 is 0.892 bits per heavy atom. The van der Waals surface area contributed by atoms with Crippen LogP contribution in [0.5, 0.6) is 0 Å². The van der Waals surface area contributed by atoms with Crippen molar-refractivity contribution in [1.29, 1.82) is 0 Å². The second kappa shape index (κ2) is 47.2. The first-order valence-electron chi connectivity index (χ1n) is 26.1. The Balaban J connectivity index is 4.37. The predicted octanol–water partition coefficient (Wildman–Crippen LogP) is 14.7. The van der Waals surface area contributed by atoms with Crippen LogP contribution in [0, 0.1) is 0 Å². The largest absolute Gasteiger partial charge is 0.477 e. The summed E-state index contributed by atoms with van der Waals surface area (Å²) in [4.78, 5) is 37.3. The summed E-state index contributed by atoms with van der Waals surface area (Å²) in [6.45, 7) is 4.69. The summed E-state index contributed by atoms with van der Waals surface area (Å²) in [7, 11) is 5.94. The van der Waals surface area contributed by atoms with Crippen molar-refractivity contribution in [3.05, 3.63) is 72.9 Å². The molecule has 0 radical (unpaired) electrons. The molecule has 0 saturated heterocycles. The first-order valence-corrected chi connectivity index (χ1v) is 26.1. The van der Waals surface area contributed by atoms with Gasteiger partial charge in [-0.2, -0.15) is 0 Å². The minimum absolute atomic E-state index is 0.174. The lowest BCUT2D eigenvalue weighted by Crippen LogP contribution is -2.40. The second-order valence-electron chi connectivity index (χ2n) is 18.4. The van der Waals surface area contributed by atoms with Crippen molar-refractivity contribution in [2.45, 2.75) is 219 Å². The number of esters is 2. The van der Waals surface area contributed by atoms with Gasteiger partial charge in [0.05, 0.1) is 34.4 Å². The van der Waals surface area contributed by atoms with Crippen molar-refractivity contribution < 1.29 is 42.9 Å². The van der Waals surface area contributed by atoms with Crippen LogP contribution < -0.4 is 0 Å². The average Bonchev–Trinajstić information content (AvgIpc) is 3.27. The van der Waals surface area contributed by atoms with E-state index in [1.165, 1.54) is 116 Å². The van der Waals surface area contributed by atoms with E-state index in [2.05, 4.69) is 86.8 Å². The van der Waals surface area contributed by atoms with E-state index in [1.54, 1.807) is 0 Å². The standard InChI is InChI=1S/C56H97NO8/c1-6-8-10-12-14-16-18-20-22-24-25-26-27-28-29-31-32-34-36-38-40-42-44-46-53(58)63-50-52(51-64-56(55(60)61)62-49-48-57(3,4)5)65-54(59)47-45-43-41-39-37-35-33-30-23-21-19-17-15-13-11-9-7-2/h9,11,15,17,21,23-25,33,35,39,41,52,56H,6-8,10,12-14,16,18-20,22,26-32,34,36-38,40,42-51H2,1-5H3/p+1/b11-9-,17-15-,23-21-,25-24-,35-33-,41-39-. The fourth-order valence-corrected chi connectivity index (χ4v) is 6.93. The van der Waals surface area contributed by atoms with Crippen molar-refractivity contribution in [3.8, 4) is 0 Å². The first kappa shape index (κ1) is 61.7. The summed E-state index contributed by atoms with van der Waals surface area (Å²) in [6, 6.07) is 0. The molecule has 9 heteroatoms. The lowest BCUT2D eigenvalue weighted by molar-refractivity contribution is -0.870. The Labute approximate surface area is 398 Å². The van der Waals surface area contributed by atoms with Crippen LogP contribution in [0.25, 0.3) is 0 Å². The number of carbonyl (C=O) groups excluding carboxylic acids is 2. The Morgan fingerprint density at radius 1 is 0.477 bits per heavy atom. The second-order valence-corrected chi connectivity index (χ2v) is 18.4. The van der Waals surface area contributed by atoms with Crippen molar-refractivity contribution in [1.82, 2.24) is 0 Å². The fraction of sp³-hybridized carbons (Fsp3) is 0.732. The van der Waals surface area contributed by atoms with Gasteiger partial charge in [0, 0.05) is 12.8 Å². The van der Waals surface area contributed by atoms with Crippen molar-refractivity contribution >= 4 is 17.9 Å². The lowest BCUT2D eigenvalue weighted by atomic mass is 10.0. The number of rotatable bonds is 47. The summed E-state index contributed by atoms with van der Waals surface area (Å²) in [6.07, 6.45) is 57.0. The van der Waals surface area contributed by atoms with E-state index in [1.807, 2.05) is 21.1 Å². The Hall–Kier alpha value is -3.27. The molecule has 0 amide bonds. The van der Waals surface area contributed by atoms with E-state index in [0.29, 0.717) is 17.4 Å². The molecule has 0 aromatic rings. The number of likely N-dealkylation sites (N-methyl/N-ethyl adjacent to an activating group) is 1. The minimum Gasteiger partial charge on any atom is -0.477 e. The summed E-state index contributed by atoms with van der Waals surface area (Å²) in [5, 5.41) is 9.67. The molecule has 0 saturated carbocycles. The number of nitrogens with zero attached hydrogens (tertiary/aromatic N) is 1. The molecule has 0 bridgehead atoms. The summed E-state index contributed by atoms with van der Waals surface area (Å²) in [5.41, 5.74) is 0. The molecule has 0 aliphatic heterocycles. The molecule has 1 N–H and O–H groups in total. The summed E-state index contributed by atoms with van der Waals surface area (Å²) < 4.78 is 22.7. The number of quaternary nitrogens is 1. The fourth-order valence-electron chi connectivity index (χ4n) is 6.93. The van der Waals surface area contributed by atoms with Gasteiger partial charge in [0.1, 0.15) is 13.2 Å². The van der Waals surface area contributed by atoms with Gasteiger partial charge in [0.2, 0.25) is 0 Å². The first-order chi connectivity index (χ1) is 31.6. The number of carboxylic acids is 1. The third kappa shape index (κ3) is 48.5. The van der Waals surface area contributed by atoms with Crippen LogP contribution in [0.4, 0.5) is 0 Å². The topological polar surface area (TPSA) is 108 Å².